The van der Waals surface area contributed by atoms with Gasteiger partial charge in [0.25, 0.3) is 26.3 Å². The number of nitrogens with zero attached hydrogens (tertiary/aromatic N) is 6. The van der Waals surface area contributed by atoms with Crippen molar-refractivity contribution in [2.75, 3.05) is 57.8 Å². The summed E-state index contributed by atoms with van der Waals surface area (Å²) in [4.78, 5) is 77.4. The molecular formula is C50H65Cl3F3N13O20S5. The molecule has 0 saturated carbocycles. The number of ketones is 4. The molecular weight excluding hydrogens is 1430 g/mol. The molecule has 0 bridgehead atoms. The minimum Gasteiger partial charge on any atom is -0.463 e. The number of anilines is 3. The first-order valence-electron chi connectivity index (χ1n) is 25.0. The summed E-state index contributed by atoms with van der Waals surface area (Å²) in [6.45, 7) is 5.86. The third-order valence-electron chi connectivity index (χ3n) is 10.7. The van der Waals surface area contributed by atoms with Gasteiger partial charge in [-0.15, -0.1) is 13.2 Å². The van der Waals surface area contributed by atoms with Crippen LogP contribution >= 0.6 is 34.8 Å². The number of aliphatic hydroxyl groups excluding tert-OH is 2. The number of aliphatic hydroxyl groups is 2. The second-order valence-electron chi connectivity index (χ2n) is 18.5. The van der Waals surface area contributed by atoms with Gasteiger partial charge in [-0.05, 0) is 114 Å². The molecule has 0 aromatic heterocycles. The molecule has 1 fully saturated rings. The molecule has 0 spiro atoms. The van der Waals surface area contributed by atoms with Crippen molar-refractivity contribution in [2.45, 2.75) is 67.0 Å². The van der Waals surface area contributed by atoms with Gasteiger partial charge in [0, 0.05) is 49.9 Å². The lowest BCUT2D eigenvalue weighted by Gasteiger charge is -2.34. The number of amides is 2. The highest BCUT2D eigenvalue weighted by atomic mass is 35.5. The Labute approximate surface area is 554 Å². The SMILES string of the molecule is C.CC1=CC(C(=O)CO)=NS(=O)(=O)N1.CC1=NS(=O)(=O)N(C)C(C(=O)CO)=C1.CC1=NS(=O)(=O)N(C)C(C(=O)Nc2ccc(F)c(Cl)c2)=C1.CC1CC(C(=O)Nc2ccc(F)c(Cl)c2)N(C)S(=O)(=O)N1.COC(=O)C(=O)CC(C)=O.NS(N)(=O)=O.Nc1ccc(F)c(Cl)c1. The van der Waals surface area contributed by atoms with E-state index in [1.165, 1.54) is 110 Å². The zero-order valence-corrected chi connectivity index (χ0v) is 56.2. The number of benzene rings is 3. The van der Waals surface area contributed by atoms with E-state index in [4.69, 9.17) is 50.7 Å². The van der Waals surface area contributed by atoms with Crippen molar-refractivity contribution in [2.24, 2.45) is 23.5 Å². The first-order chi connectivity index (χ1) is 42.5. The van der Waals surface area contributed by atoms with E-state index in [9.17, 15) is 88.8 Å². The molecule has 1 saturated heterocycles. The lowest BCUT2D eigenvalue weighted by molar-refractivity contribution is -0.152. The van der Waals surface area contributed by atoms with Crippen molar-refractivity contribution < 1.29 is 104 Å². The standard InChI is InChI=1S/C12H15ClFN3O3S.C12H11ClFN3O3S.C7H10N2O4S.C6H5ClFN.C6H8N2O4S.C6H8O4.CH4.H4N2O2S/c2*1-7-5-11(17(2)21(19,20)16-7)12(18)15-8-3-4-10(14)9(13)6-8;1-5-3-6(7(11)4-10)9(2)14(12,13)8-5;7-5-3-4(9)1-2-6(5)8;1-4-2-5(6(10)3-9)8-13(11,12)7-4;1-4(7)3-5(8)6(9)10-2;;1-5(2,3)4/h3-4,6-7,11,16H,5H2,1-2H3,(H,15,18);3-6H,1-2H3,(H,15,18);3,10H,4H2,1-2H3;1-3H,9H2;2,7,9H,3H2,1H3;3H2,1-2H3;1H4;(H4,1,2,3,4). The van der Waals surface area contributed by atoms with E-state index in [-0.39, 0.29) is 75.0 Å². The van der Waals surface area contributed by atoms with Gasteiger partial charge in [-0.3, -0.25) is 37.8 Å². The largest absolute Gasteiger partial charge is 0.463 e. The predicted octanol–water partition coefficient (Wildman–Crippen LogP) is 1.67. The van der Waals surface area contributed by atoms with Gasteiger partial charge in [-0.25, -0.2) is 32.5 Å². The summed E-state index contributed by atoms with van der Waals surface area (Å²) in [5.41, 5.74) is 6.60. The molecule has 4 aliphatic rings. The topological polar surface area (TPSA) is 513 Å². The fraction of sp³-hybridized carbons (Fsp3) is 0.320. The molecule has 2 amide bonds. The number of halogens is 6. The van der Waals surface area contributed by atoms with Gasteiger partial charge >= 0.3 is 36.6 Å². The Morgan fingerprint density at radius 3 is 1.53 bits per heavy atom. The third-order valence-corrected chi connectivity index (χ3v) is 17.1. The molecule has 7 rings (SSSR count). The number of methoxy groups -OCH3 is 1. The number of likely N-dealkylation sites (N-methyl/N-ethyl adjacent to an activating group) is 3. The van der Waals surface area contributed by atoms with E-state index >= 15 is 0 Å². The molecule has 94 heavy (non-hydrogen) atoms. The van der Waals surface area contributed by atoms with Crippen LogP contribution in [0, 0.1) is 17.5 Å². The Hall–Kier alpha value is -7.65. The first-order valence-corrected chi connectivity index (χ1v) is 33.5. The van der Waals surface area contributed by atoms with Crippen molar-refractivity contribution in [1.82, 2.24) is 22.4 Å². The number of nitrogens with one attached hydrogen (secondary N) is 4. The number of hydrogen-bond acceptors (Lipinski definition) is 21. The number of rotatable bonds is 11. The lowest BCUT2D eigenvalue weighted by atomic mass is 10.1. The highest BCUT2D eigenvalue weighted by molar-refractivity contribution is 7.89. The Morgan fingerprint density at radius 2 is 1.13 bits per heavy atom. The van der Waals surface area contributed by atoms with Crippen LogP contribution in [0.5, 0.6) is 0 Å². The van der Waals surface area contributed by atoms with E-state index in [1.807, 2.05) is 0 Å². The Kier molecular flexibility index (Phi) is 34.4. The second-order valence-corrected chi connectivity index (χ2v) is 27.3. The summed E-state index contributed by atoms with van der Waals surface area (Å²) in [6, 6.07) is 10.3. The number of esters is 1. The van der Waals surface area contributed by atoms with E-state index in [1.54, 1.807) is 6.92 Å². The van der Waals surface area contributed by atoms with Gasteiger partial charge in [-0.1, -0.05) is 42.2 Å². The quantitative estimate of drug-likeness (QED) is 0.0570. The molecule has 522 valence electrons. The number of carbonyl (C=O) groups is 7. The smallest absolute Gasteiger partial charge is 0.374 e. The molecule has 12 N–H and O–H groups in total. The highest BCUT2D eigenvalue weighted by Crippen LogP contribution is 2.25. The van der Waals surface area contributed by atoms with Crippen LogP contribution in [0.3, 0.4) is 0 Å². The average molecular weight is 1490 g/mol. The van der Waals surface area contributed by atoms with Gasteiger partial charge in [0.05, 0.1) is 40.0 Å². The molecule has 33 nitrogen and oxygen atoms in total. The zero-order valence-electron chi connectivity index (χ0n) is 49.9. The van der Waals surface area contributed by atoms with Crippen LogP contribution in [0.25, 0.3) is 0 Å². The molecule has 44 heteroatoms. The minimum absolute atomic E-state index is 0. The summed E-state index contributed by atoms with van der Waals surface area (Å²) in [6.07, 6.45) is 3.88. The summed E-state index contributed by atoms with van der Waals surface area (Å²) in [7, 11) is -14.0. The summed E-state index contributed by atoms with van der Waals surface area (Å²) in [5.74, 6) is -6.27. The van der Waals surface area contributed by atoms with Crippen LogP contribution in [-0.4, -0.2) is 177 Å². The van der Waals surface area contributed by atoms with Crippen molar-refractivity contribution in [3.63, 3.8) is 0 Å². The Balaban J connectivity index is 0.00000111. The van der Waals surface area contributed by atoms with Gasteiger partial charge in [-0.2, -0.15) is 51.1 Å². The Morgan fingerprint density at radius 1 is 0.702 bits per heavy atom. The number of allylic oxidation sites excluding steroid dienone is 4. The van der Waals surface area contributed by atoms with Crippen LogP contribution < -0.4 is 36.1 Å². The monoisotopic (exact) mass is 1490 g/mol. The molecule has 2 atom stereocenters. The van der Waals surface area contributed by atoms with E-state index in [0.29, 0.717) is 23.5 Å². The number of nitrogen functional groups attached to an aromatic ring is 1. The van der Waals surface area contributed by atoms with Crippen LogP contribution in [0.4, 0.5) is 30.2 Å². The molecule has 0 radical (unpaired) electrons. The van der Waals surface area contributed by atoms with Crippen LogP contribution in [0.1, 0.15) is 54.9 Å². The third kappa shape index (κ3) is 29.7. The van der Waals surface area contributed by atoms with Gasteiger partial charge in [0.2, 0.25) is 23.3 Å². The normalized spacial score (nSPS) is 17.7. The lowest BCUT2D eigenvalue weighted by Crippen LogP contribution is -2.58. The highest BCUT2D eigenvalue weighted by Gasteiger charge is 2.39. The maximum Gasteiger partial charge on any atom is 0.374 e. The first kappa shape index (κ1) is 86.4. The number of nitrogens with two attached hydrogens (primary N) is 3. The zero-order chi connectivity index (χ0) is 72.1. The summed E-state index contributed by atoms with van der Waals surface area (Å²) < 4.78 is 169. The maximum absolute atomic E-state index is 13.1. The number of hydrogen-bond donors (Lipinski definition) is 9. The molecule has 0 aliphatic carbocycles. The number of carbonyl (C=O) groups excluding carboxylic acids is 7. The molecule has 3 aromatic rings. The average Bonchev–Trinajstić information content (AvgIpc) is 0.813. The van der Waals surface area contributed by atoms with E-state index in [0.717, 1.165) is 32.2 Å². The fourth-order valence-electron chi connectivity index (χ4n) is 6.54. The molecule has 4 heterocycles. The van der Waals surface area contributed by atoms with Crippen molar-refractivity contribution in [3.8, 4) is 0 Å². The van der Waals surface area contributed by atoms with Gasteiger partial charge in [0.1, 0.15) is 59.6 Å². The fourth-order valence-corrected chi connectivity index (χ4v) is 11.2. The molecule has 2 unspecified atom stereocenters. The van der Waals surface area contributed by atoms with Crippen molar-refractivity contribution in [1.29, 1.82) is 0 Å². The van der Waals surface area contributed by atoms with E-state index in [2.05, 4.69) is 48.3 Å². The van der Waals surface area contributed by atoms with Gasteiger partial charge in [0.15, 0.2) is 0 Å². The summed E-state index contributed by atoms with van der Waals surface area (Å²) >= 11 is 16.6. The Bertz CT molecular complexity index is 4160. The van der Waals surface area contributed by atoms with Crippen LogP contribution in [0.15, 0.2) is 103 Å². The number of Topliss-reactive ketones (excluding diaryl/α,β-unsaturated/α-hetero) is 4. The molecule has 4 aliphatic heterocycles. The predicted molar refractivity (Wildman–Crippen MR) is 343 cm³/mol. The number of ether oxygens (including phenoxy) is 1. The van der Waals surface area contributed by atoms with E-state index < -0.39 is 123 Å². The maximum atomic E-state index is 13.1. The van der Waals surface area contributed by atoms with Crippen molar-refractivity contribution in [3.05, 3.63) is 122 Å². The van der Waals surface area contributed by atoms with Gasteiger partial charge < -0.3 is 31.3 Å². The van der Waals surface area contributed by atoms with Crippen LogP contribution in [-0.2, 0) is 89.3 Å². The summed E-state index contributed by atoms with van der Waals surface area (Å²) in [5, 5.41) is 30.1. The van der Waals surface area contributed by atoms with Crippen LogP contribution in [0.2, 0.25) is 15.1 Å². The molecule has 3 aromatic carbocycles. The second kappa shape index (κ2) is 37.4. The minimum atomic E-state index is -3.91. The van der Waals surface area contributed by atoms with Crippen molar-refractivity contribution >= 4 is 161 Å².